The number of hydrogen-bond acceptors (Lipinski definition) is 2. The molecule has 1 N–H and O–H groups in total. The molecule has 1 aliphatic heterocycles. The van der Waals surface area contributed by atoms with E-state index in [1.807, 2.05) is 0 Å². The molecule has 0 spiro atoms. The van der Waals surface area contributed by atoms with Crippen LogP contribution in [-0.4, -0.2) is 19.1 Å². The number of anilines is 1. The molecule has 0 unspecified atom stereocenters. The summed E-state index contributed by atoms with van der Waals surface area (Å²) in [4.78, 5) is 2.58. The van der Waals surface area contributed by atoms with E-state index in [1.54, 1.807) is 0 Å². The van der Waals surface area contributed by atoms with E-state index in [0.29, 0.717) is 11.5 Å². The van der Waals surface area contributed by atoms with Gasteiger partial charge < -0.3 is 10.2 Å². The second-order valence-corrected chi connectivity index (χ2v) is 6.82. The minimum atomic E-state index is 0.535. The lowest BCUT2D eigenvalue weighted by Gasteiger charge is -2.40. The first-order valence-corrected chi connectivity index (χ1v) is 8.10. The van der Waals surface area contributed by atoms with Crippen LogP contribution in [0.15, 0.2) is 24.3 Å². The Morgan fingerprint density at radius 2 is 1.85 bits per heavy atom. The first-order valence-electron chi connectivity index (χ1n) is 8.10. The van der Waals surface area contributed by atoms with E-state index in [1.165, 1.54) is 43.6 Å². The summed E-state index contributed by atoms with van der Waals surface area (Å²) in [6, 6.07) is 9.40. The maximum Gasteiger partial charge on any atom is 0.0411 e. The zero-order valence-electron chi connectivity index (χ0n) is 13.6. The van der Waals surface area contributed by atoms with Gasteiger partial charge in [-0.2, -0.15) is 0 Å². The summed E-state index contributed by atoms with van der Waals surface area (Å²) in [5.41, 5.74) is 3.42. The molecular formula is C18H30N2. The fourth-order valence-electron chi connectivity index (χ4n) is 2.92. The molecule has 112 valence electrons. The van der Waals surface area contributed by atoms with E-state index in [-0.39, 0.29) is 0 Å². The Kier molecular flexibility index (Phi) is 5.09. The van der Waals surface area contributed by atoms with Crippen molar-refractivity contribution in [2.24, 2.45) is 5.41 Å². The maximum absolute atomic E-state index is 3.54. The standard InChI is InChI=1S/C18H30N2/c1-5-18(4)10-12-20(13-11-18)17-9-7-6-8-16(17)14-19-15(2)3/h6-9,15,19H,5,10-14H2,1-4H3. The highest BCUT2D eigenvalue weighted by Crippen LogP contribution is 2.36. The molecule has 1 saturated heterocycles. The van der Waals surface area contributed by atoms with Gasteiger partial charge in [0.15, 0.2) is 0 Å². The Hall–Kier alpha value is -1.02. The van der Waals surface area contributed by atoms with Gasteiger partial charge in [0.1, 0.15) is 0 Å². The van der Waals surface area contributed by atoms with Crippen molar-refractivity contribution in [1.82, 2.24) is 5.32 Å². The zero-order chi connectivity index (χ0) is 14.6. The summed E-state index contributed by atoms with van der Waals surface area (Å²) in [7, 11) is 0. The largest absolute Gasteiger partial charge is 0.371 e. The fourth-order valence-corrected chi connectivity index (χ4v) is 2.92. The molecule has 0 aliphatic carbocycles. The third-order valence-corrected chi connectivity index (χ3v) is 4.86. The minimum Gasteiger partial charge on any atom is -0.371 e. The first-order chi connectivity index (χ1) is 9.54. The molecule has 0 amide bonds. The van der Waals surface area contributed by atoms with Crippen molar-refractivity contribution in [3.63, 3.8) is 0 Å². The molecule has 1 heterocycles. The van der Waals surface area contributed by atoms with Gasteiger partial charge in [-0.3, -0.25) is 0 Å². The molecule has 2 heteroatoms. The van der Waals surface area contributed by atoms with Crippen LogP contribution >= 0.6 is 0 Å². The molecule has 1 fully saturated rings. The molecule has 1 aromatic carbocycles. The number of rotatable bonds is 5. The number of piperidine rings is 1. The lowest BCUT2D eigenvalue weighted by atomic mass is 9.78. The normalized spacial score (nSPS) is 18.6. The van der Waals surface area contributed by atoms with Crippen LogP contribution < -0.4 is 10.2 Å². The Morgan fingerprint density at radius 3 is 2.45 bits per heavy atom. The molecule has 20 heavy (non-hydrogen) atoms. The second-order valence-electron chi connectivity index (χ2n) is 6.82. The molecule has 0 saturated carbocycles. The molecule has 0 radical (unpaired) electrons. The predicted octanol–water partition coefficient (Wildman–Crippen LogP) is 4.20. The average molecular weight is 274 g/mol. The van der Waals surface area contributed by atoms with Crippen molar-refractivity contribution >= 4 is 5.69 Å². The highest BCUT2D eigenvalue weighted by atomic mass is 15.1. The van der Waals surface area contributed by atoms with Crippen molar-refractivity contribution in [1.29, 1.82) is 0 Å². The molecule has 2 nitrogen and oxygen atoms in total. The Labute approximate surface area is 124 Å². The van der Waals surface area contributed by atoms with E-state index >= 15 is 0 Å². The number of hydrogen-bond donors (Lipinski definition) is 1. The molecule has 0 bridgehead atoms. The van der Waals surface area contributed by atoms with Crippen molar-refractivity contribution < 1.29 is 0 Å². The Morgan fingerprint density at radius 1 is 1.20 bits per heavy atom. The van der Waals surface area contributed by atoms with Crippen molar-refractivity contribution in [2.75, 3.05) is 18.0 Å². The summed E-state index contributed by atoms with van der Waals surface area (Å²) in [6.07, 6.45) is 3.93. The molecule has 1 aliphatic rings. The lowest BCUT2D eigenvalue weighted by Crippen LogP contribution is -2.39. The number of para-hydroxylation sites is 1. The third kappa shape index (κ3) is 3.76. The van der Waals surface area contributed by atoms with Gasteiger partial charge in [-0.05, 0) is 29.9 Å². The van der Waals surface area contributed by atoms with E-state index in [0.717, 1.165) is 6.54 Å². The summed E-state index contributed by atoms with van der Waals surface area (Å²) in [5, 5.41) is 3.54. The molecule has 2 rings (SSSR count). The van der Waals surface area contributed by atoms with Gasteiger partial charge in [0, 0.05) is 31.4 Å². The monoisotopic (exact) mass is 274 g/mol. The van der Waals surface area contributed by atoms with Gasteiger partial charge in [0.05, 0.1) is 0 Å². The van der Waals surface area contributed by atoms with E-state index < -0.39 is 0 Å². The van der Waals surface area contributed by atoms with Gasteiger partial charge in [-0.15, -0.1) is 0 Å². The van der Waals surface area contributed by atoms with E-state index in [9.17, 15) is 0 Å². The van der Waals surface area contributed by atoms with Crippen LogP contribution in [0, 0.1) is 5.41 Å². The summed E-state index contributed by atoms with van der Waals surface area (Å²) in [5.74, 6) is 0. The van der Waals surface area contributed by atoms with Gasteiger partial charge in [-0.25, -0.2) is 0 Å². The SMILES string of the molecule is CCC1(C)CCN(c2ccccc2CNC(C)C)CC1. The van der Waals surface area contributed by atoms with Crippen LogP contribution in [0.25, 0.3) is 0 Å². The number of benzene rings is 1. The Balaban J connectivity index is 2.06. The Bertz CT molecular complexity index is 417. The summed E-state index contributed by atoms with van der Waals surface area (Å²) >= 11 is 0. The molecule has 0 aromatic heterocycles. The average Bonchev–Trinajstić information content (AvgIpc) is 2.46. The van der Waals surface area contributed by atoms with Crippen LogP contribution in [0.4, 0.5) is 5.69 Å². The second kappa shape index (κ2) is 6.62. The summed E-state index contributed by atoms with van der Waals surface area (Å²) in [6.45, 7) is 12.5. The lowest BCUT2D eigenvalue weighted by molar-refractivity contribution is 0.238. The quantitative estimate of drug-likeness (QED) is 0.865. The van der Waals surface area contributed by atoms with Gasteiger partial charge in [-0.1, -0.05) is 52.3 Å². The van der Waals surface area contributed by atoms with Gasteiger partial charge >= 0.3 is 0 Å². The van der Waals surface area contributed by atoms with E-state index in [2.05, 4.69) is 62.2 Å². The first kappa shape index (κ1) is 15.4. The van der Waals surface area contributed by atoms with Gasteiger partial charge in [0.25, 0.3) is 0 Å². The molecule has 0 atom stereocenters. The smallest absolute Gasteiger partial charge is 0.0411 e. The molecule has 1 aromatic rings. The van der Waals surface area contributed by atoms with Crippen molar-refractivity contribution in [3.05, 3.63) is 29.8 Å². The van der Waals surface area contributed by atoms with Gasteiger partial charge in [0.2, 0.25) is 0 Å². The van der Waals surface area contributed by atoms with Crippen LogP contribution in [0.3, 0.4) is 0 Å². The van der Waals surface area contributed by atoms with Crippen LogP contribution in [0.2, 0.25) is 0 Å². The minimum absolute atomic E-state index is 0.535. The zero-order valence-corrected chi connectivity index (χ0v) is 13.6. The fraction of sp³-hybridized carbons (Fsp3) is 0.667. The topological polar surface area (TPSA) is 15.3 Å². The highest BCUT2D eigenvalue weighted by molar-refractivity contribution is 5.54. The summed E-state index contributed by atoms with van der Waals surface area (Å²) < 4.78 is 0. The highest BCUT2D eigenvalue weighted by Gasteiger charge is 2.28. The third-order valence-electron chi connectivity index (χ3n) is 4.86. The number of nitrogens with zero attached hydrogens (tertiary/aromatic N) is 1. The predicted molar refractivity (Wildman–Crippen MR) is 88.3 cm³/mol. The molecular weight excluding hydrogens is 244 g/mol. The number of nitrogens with one attached hydrogen (secondary N) is 1. The van der Waals surface area contributed by atoms with Crippen LogP contribution in [-0.2, 0) is 6.54 Å². The van der Waals surface area contributed by atoms with Crippen LogP contribution in [0.5, 0.6) is 0 Å². The maximum atomic E-state index is 3.54. The van der Waals surface area contributed by atoms with Crippen LogP contribution in [0.1, 0.15) is 52.5 Å². The van der Waals surface area contributed by atoms with Crippen molar-refractivity contribution in [2.45, 2.75) is 59.5 Å². The van der Waals surface area contributed by atoms with Crippen molar-refractivity contribution in [3.8, 4) is 0 Å². The van der Waals surface area contributed by atoms with E-state index in [4.69, 9.17) is 0 Å².